The van der Waals surface area contributed by atoms with Crippen LogP contribution in [0.2, 0.25) is 0 Å². The van der Waals surface area contributed by atoms with Crippen molar-refractivity contribution in [1.29, 1.82) is 0 Å². The van der Waals surface area contributed by atoms with Crippen molar-refractivity contribution in [3.63, 3.8) is 0 Å². The standard InChI is InChI=1S/C22H23NO5/c1-2-28-21(27)22-13-7-6-12-18(22)23(20(26)17(22)15-19(24)25)14-8-11-16-9-4-3-5-10-16/h3-5,9-10,12,17H,2,6-7,13-15H2,1H3,(H,24,25)/t17-,22-/m0/s1. The van der Waals surface area contributed by atoms with Crippen molar-refractivity contribution in [2.45, 2.75) is 32.6 Å². The van der Waals surface area contributed by atoms with Gasteiger partial charge < -0.3 is 14.7 Å². The number of esters is 1. The van der Waals surface area contributed by atoms with Gasteiger partial charge in [0.05, 0.1) is 25.5 Å². The second kappa shape index (κ2) is 8.30. The van der Waals surface area contributed by atoms with Gasteiger partial charge in [-0.2, -0.15) is 0 Å². The number of aliphatic carboxylic acids is 1. The quantitative estimate of drug-likeness (QED) is 0.626. The maximum atomic E-state index is 13.1. The van der Waals surface area contributed by atoms with Gasteiger partial charge in [0, 0.05) is 11.3 Å². The summed E-state index contributed by atoms with van der Waals surface area (Å²) >= 11 is 0. The van der Waals surface area contributed by atoms with E-state index in [1.165, 1.54) is 4.90 Å². The van der Waals surface area contributed by atoms with Crippen LogP contribution < -0.4 is 0 Å². The molecule has 0 unspecified atom stereocenters. The van der Waals surface area contributed by atoms with Crippen molar-refractivity contribution in [1.82, 2.24) is 4.90 Å². The normalized spacial score (nSPS) is 23.3. The summed E-state index contributed by atoms with van der Waals surface area (Å²) in [6, 6.07) is 9.39. The molecule has 0 saturated carbocycles. The van der Waals surface area contributed by atoms with Crippen LogP contribution in [0.25, 0.3) is 0 Å². The third-order valence-corrected chi connectivity index (χ3v) is 5.28. The van der Waals surface area contributed by atoms with Crippen LogP contribution in [0, 0.1) is 23.2 Å². The number of carbonyl (C=O) groups is 3. The first-order chi connectivity index (χ1) is 13.5. The van der Waals surface area contributed by atoms with Crippen LogP contribution in [0.15, 0.2) is 42.1 Å². The first-order valence-electron chi connectivity index (χ1n) is 9.45. The number of nitrogens with zero attached hydrogens (tertiary/aromatic N) is 1. The Morgan fingerprint density at radius 3 is 2.75 bits per heavy atom. The van der Waals surface area contributed by atoms with Gasteiger partial charge in [-0.1, -0.05) is 36.1 Å². The number of rotatable bonds is 5. The number of carboxylic acid groups (broad SMARTS) is 1. The van der Waals surface area contributed by atoms with E-state index in [1.807, 2.05) is 36.4 Å². The maximum absolute atomic E-state index is 13.1. The zero-order valence-corrected chi connectivity index (χ0v) is 15.8. The van der Waals surface area contributed by atoms with Crippen molar-refractivity contribution in [3.05, 3.63) is 47.7 Å². The van der Waals surface area contributed by atoms with Gasteiger partial charge >= 0.3 is 11.9 Å². The highest BCUT2D eigenvalue weighted by molar-refractivity contribution is 5.98. The minimum Gasteiger partial charge on any atom is -0.481 e. The Hall–Kier alpha value is -3.07. The van der Waals surface area contributed by atoms with E-state index in [9.17, 15) is 19.5 Å². The number of carbonyl (C=O) groups excluding carboxylic acids is 2. The molecule has 0 spiro atoms. The van der Waals surface area contributed by atoms with Gasteiger partial charge in [-0.05, 0) is 38.3 Å². The molecule has 0 aromatic heterocycles. The first kappa shape index (κ1) is 19.7. The molecule has 146 valence electrons. The lowest BCUT2D eigenvalue weighted by molar-refractivity contribution is -0.159. The summed E-state index contributed by atoms with van der Waals surface area (Å²) in [6.07, 6.45) is 3.30. The van der Waals surface area contributed by atoms with E-state index in [1.54, 1.807) is 6.92 Å². The number of ether oxygens (including phenoxy) is 1. The minimum atomic E-state index is -1.22. The summed E-state index contributed by atoms with van der Waals surface area (Å²) in [5, 5.41) is 9.35. The Balaban J connectivity index is 1.96. The smallest absolute Gasteiger partial charge is 0.318 e. The molecule has 1 aliphatic carbocycles. The molecule has 3 rings (SSSR count). The van der Waals surface area contributed by atoms with Crippen molar-refractivity contribution >= 4 is 17.8 Å². The third kappa shape index (κ3) is 3.53. The molecule has 6 heteroatoms. The van der Waals surface area contributed by atoms with Gasteiger partial charge in [-0.25, -0.2) is 0 Å². The van der Waals surface area contributed by atoms with E-state index >= 15 is 0 Å². The molecule has 1 aromatic rings. The van der Waals surface area contributed by atoms with Gasteiger partial charge in [0.15, 0.2) is 0 Å². The molecule has 1 aromatic carbocycles. The summed E-state index contributed by atoms with van der Waals surface area (Å²) in [6.45, 7) is 1.99. The van der Waals surface area contributed by atoms with Gasteiger partial charge in [-0.15, -0.1) is 0 Å². The highest BCUT2D eigenvalue weighted by Crippen LogP contribution is 2.53. The first-order valence-corrected chi connectivity index (χ1v) is 9.45. The van der Waals surface area contributed by atoms with Gasteiger partial charge in [0.2, 0.25) is 5.91 Å². The van der Waals surface area contributed by atoms with E-state index in [-0.39, 0.29) is 19.1 Å². The van der Waals surface area contributed by atoms with Gasteiger partial charge in [-0.3, -0.25) is 14.4 Å². The van der Waals surface area contributed by atoms with Crippen LogP contribution in [0.1, 0.15) is 38.2 Å². The molecule has 1 N–H and O–H groups in total. The van der Waals surface area contributed by atoms with Crippen LogP contribution in [0.5, 0.6) is 0 Å². The molecular formula is C22H23NO5. The SMILES string of the molecule is CCOC(=O)[C@]12CCCC=C1N(CC#Cc1ccccc1)C(=O)[C@@H]2CC(=O)O. The molecule has 1 fully saturated rings. The monoisotopic (exact) mass is 381 g/mol. The van der Waals surface area contributed by atoms with Crippen LogP contribution in [-0.4, -0.2) is 41.0 Å². The van der Waals surface area contributed by atoms with E-state index in [2.05, 4.69) is 11.8 Å². The molecule has 2 aliphatic rings. The number of likely N-dealkylation sites (tertiary alicyclic amines) is 1. The second-order valence-corrected chi connectivity index (χ2v) is 6.92. The minimum absolute atomic E-state index is 0.108. The van der Waals surface area contributed by atoms with E-state index in [0.29, 0.717) is 18.5 Å². The summed E-state index contributed by atoms with van der Waals surface area (Å²) in [5.41, 5.74) is 0.152. The summed E-state index contributed by atoms with van der Waals surface area (Å²) < 4.78 is 5.28. The zero-order valence-electron chi connectivity index (χ0n) is 15.8. The lowest BCUT2D eigenvalue weighted by atomic mass is 9.68. The average molecular weight is 381 g/mol. The number of hydrogen-bond donors (Lipinski definition) is 1. The van der Waals surface area contributed by atoms with Crippen LogP contribution in [0.3, 0.4) is 0 Å². The van der Waals surface area contributed by atoms with Crippen molar-refractivity contribution < 1.29 is 24.2 Å². The molecule has 6 nitrogen and oxygen atoms in total. The van der Waals surface area contributed by atoms with Crippen molar-refractivity contribution in [3.8, 4) is 11.8 Å². The number of benzene rings is 1. The molecule has 1 aliphatic heterocycles. The zero-order chi connectivity index (χ0) is 20.1. The third-order valence-electron chi connectivity index (χ3n) is 5.28. The van der Waals surface area contributed by atoms with E-state index in [0.717, 1.165) is 12.0 Å². The van der Waals surface area contributed by atoms with E-state index < -0.39 is 29.7 Å². The highest BCUT2D eigenvalue weighted by Gasteiger charge is 2.62. The fraction of sp³-hybridized carbons (Fsp3) is 0.409. The summed E-state index contributed by atoms with van der Waals surface area (Å²) in [4.78, 5) is 38.9. The van der Waals surface area contributed by atoms with Gasteiger partial charge in [0.1, 0.15) is 5.41 Å². The number of fused-ring (bicyclic) bond motifs is 1. The highest BCUT2D eigenvalue weighted by atomic mass is 16.5. The van der Waals surface area contributed by atoms with Crippen molar-refractivity contribution in [2.24, 2.45) is 11.3 Å². The van der Waals surface area contributed by atoms with Gasteiger partial charge in [0.25, 0.3) is 0 Å². The fourth-order valence-electron chi connectivity index (χ4n) is 4.10. The summed E-state index contributed by atoms with van der Waals surface area (Å²) in [5.74, 6) is 3.04. The predicted molar refractivity (Wildman–Crippen MR) is 102 cm³/mol. The maximum Gasteiger partial charge on any atom is 0.318 e. The number of carboxylic acids is 1. The fourth-order valence-corrected chi connectivity index (χ4v) is 4.10. The van der Waals surface area contributed by atoms with Crippen LogP contribution >= 0.6 is 0 Å². The Bertz CT molecular complexity index is 864. The molecule has 1 heterocycles. The topological polar surface area (TPSA) is 83.9 Å². The molecule has 1 amide bonds. The molecule has 0 bridgehead atoms. The molecule has 0 radical (unpaired) electrons. The number of allylic oxidation sites excluding steroid dienone is 1. The molecular weight excluding hydrogens is 358 g/mol. The Morgan fingerprint density at radius 2 is 2.07 bits per heavy atom. The Kier molecular flexibility index (Phi) is 5.84. The van der Waals surface area contributed by atoms with Crippen LogP contribution in [0.4, 0.5) is 0 Å². The lowest BCUT2D eigenvalue weighted by Crippen LogP contribution is -2.41. The predicted octanol–water partition coefficient (Wildman–Crippen LogP) is 2.59. The number of hydrogen-bond acceptors (Lipinski definition) is 4. The second-order valence-electron chi connectivity index (χ2n) is 6.92. The average Bonchev–Trinajstić information content (AvgIpc) is 2.92. The molecule has 2 atom stereocenters. The Morgan fingerprint density at radius 1 is 1.32 bits per heavy atom. The van der Waals surface area contributed by atoms with Crippen molar-refractivity contribution in [2.75, 3.05) is 13.2 Å². The lowest BCUT2D eigenvalue weighted by Gasteiger charge is -2.34. The Labute approximate surface area is 164 Å². The van der Waals surface area contributed by atoms with Crippen LogP contribution in [-0.2, 0) is 19.1 Å². The molecule has 1 saturated heterocycles. The molecule has 28 heavy (non-hydrogen) atoms. The summed E-state index contributed by atoms with van der Waals surface area (Å²) in [7, 11) is 0. The number of amides is 1. The van der Waals surface area contributed by atoms with E-state index in [4.69, 9.17) is 4.74 Å². The largest absolute Gasteiger partial charge is 0.481 e.